The van der Waals surface area contributed by atoms with Crippen LogP contribution in [0.3, 0.4) is 0 Å². The lowest BCUT2D eigenvalue weighted by atomic mass is 9.88. The average molecular weight is 496 g/mol. The highest BCUT2D eigenvalue weighted by Gasteiger charge is 2.46. The minimum absolute atomic E-state index is 0.0653. The zero-order chi connectivity index (χ0) is 25.8. The predicted molar refractivity (Wildman–Crippen MR) is 122 cm³/mol. The maximum absolute atomic E-state index is 14.5. The number of aromatic nitrogens is 2. The molecule has 1 unspecified atom stereocenters. The van der Waals surface area contributed by atoms with Gasteiger partial charge in [-0.15, -0.1) is 0 Å². The molecule has 0 spiro atoms. The number of rotatable bonds is 6. The first-order valence-corrected chi connectivity index (χ1v) is 10.7. The van der Waals surface area contributed by atoms with Crippen molar-refractivity contribution in [1.29, 1.82) is 0 Å². The molecule has 1 aromatic heterocycles. The van der Waals surface area contributed by atoms with E-state index in [2.05, 4.69) is 20.3 Å². The SMILES string of the molecule is CN=CC(=C(N)C(=O)N1CC(F)(F)C[C@@H](C)C1CNc1ncc(C(F)(F)F)cn1)c1ccccc1. The summed E-state index contributed by atoms with van der Waals surface area (Å²) in [4.78, 5) is 25.6. The molecule has 0 bridgehead atoms. The number of nitrogens with one attached hydrogen (secondary N) is 1. The van der Waals surface area contributed by atoms with E-state index in [9.17, 15) is 26.7 Å². The molecule has 0 radical (unpaired) electrons. The largest absolute Gasteiger partial charge is 0.419 e. The number of carbonyl (C=O) groups is 1. The van der Waals surface area contributed by atoms with E-state index in [1.807, 2.05) is 0 Å². The van der Waals surface area contributed by atoms with E-state index in [1.54, 1.807) is 37.3 Å². The van der Waals surface area contributed by atoms with Crippen LogP contribution in [0.15, 0.2) is 53.4 Å². The second-order valence-electron chi connectivity index (χ2n) is 8.29. The number of anilines is 1. The van der Waals surface area contributed by atoms with Crippen LogP contribution in [0.25, 0.3) is 5.57 Å². The molecular weight excluding hydrogens is 471 g/mol. The monoisotopic (exact) mass is 496 g/mol. The summed E-state index contributed by atoms with van der Waals surface area (Å²) in [6.45, 7) is 0.644. The molecule has 1 saturated heterocycles. The number of hydrogen-bond acceptors (Lipinski definition) is 6. The van der Waals surface area contributed by atoms with E-state index in [4.69, 9.17) is 5.73 Å². The molecule has 1 aliphatic rings. The van der Waals surface area contributed by atoms with Crippen LogP contribution in [0.2, 0.25) is 0 Å². The van der Waals surface area contributed by atoms with Crippen molar-refractivity contribution in [2.24, 2.45) is 16.6 Å². The van der Waals surface area contributed by atoms with Crippen molar-refractivity contribution in [3.05, 3.63) is 59.5 Å². The Labute approximate surface area is 199 Å². The number of allylic oxidation sites excluding steroid dienone is 1. The number of alkyl halides is 5. The molecule has 2 heterocycles. The quantitative estimate of drug-likeness (QED) is 0.360. The van der Waals surface area contributed by atoms with Crippen LogP contribution in [0.5, 0.6) is 0 Å². The lowest BCUT2D eigenvalue weighted by Crippen LogP contribution is -2.58. The number of benzene rings is 1. The van der Waals surface area contributed by atoms with Gasteiger partial charge in [0.2, 0.25) is 5.95 Å². The zero-order valence-electron chi connectivity index (χ0n) is 19.1. The average Bonchev–Trinajstić information content (AvgIpc) is 2.80. The van der Waals surface area contributed by atoms with E-state index < -0.39 is 48.5 Å². The van der Waals surface area contributed by atoms with Gasteiger partial charge in [-0.25, -0.2) is 18.7 Å². The van der Waals surface area contributed by atoms with Crippen LogP contribution in [-0.2, 0) is 11.0 Å². The summed E-state index contributed by atoms with van der Waals surface area (Å²) in [7, 11) is 1.49. The van der Waals surface area contributed by atoms with Crippen molar-refractivity contribution in [2.45, 2.75) is 31.5 Å². The van der Waals surface area contributed by atoms with E-state index in [0.717, 1.165) is 4.90 Å². The smallest absolute Gasteiger partial charge is 0.394 e. The molecule has 1 fully saturated rings. The molecule has 0 saturated carbocycles. The number of nitrogens with two attached hydrogens (primary N) is 1. The number of piperidine rings is 1. The molecule has 2 atom stereocenters. The topological polar surface area (TPSA) is 96.5 Å². The highest BCUT2D eigenvalue weighted by atomic mass is 19.4. The van der Waals surface area contributed by atoms with Gasteiger partial charge in [0.25, 0.3) is 11.8 Å². The van der Waals surface area contributed by atoms with E-state index >= 15 is 0 Å². The van der Waals surface area contributed by atoms with Gasteiger partial charge in [-0.3, -0.25) is 9.79 Å². The third-order valence-electron chi connectivity index (χ3n) is 5.65. The van der Waals surface area contributed by atoms with E-state index in [1.165, 1.54) is 13.3 Å². The van der Waals surface area contributed by atoms with Crippen molar-refractivity contribution < 1.29 is 26.7 Å². The second kappa shape index (κ2) is 10.4. The van der Waals surface area contributed by atoms with Crippen LogP contribution in [0.4, 0.5) is 27.9 Å². The van der Waals surface area contributed by atoms with Gasteiger partial charge in [-0.1, -0.05) is 37.3 Å². The number of hydrogen-bond donors (Lipinski definition) is 2. The van der Waals surface area contributed by atoms with Crippen LogP contribution < -0.4 is 11.1 Å². The summed E-state index contributed by atoms with van der Waals surface area (Å²) in [5, 5.41) is 2.75. The first kappa shape index (κ1) is 26.0. The lowest BCUT2D eigenvalue weighted by Gasteiger charge is -2.43. The van der Waals surface area contributed by atoms with Gasteiger partial charge in [-0.2, -0.15) is 13.2 Å². The van der Waals surface area contributed by atoms with Crippen LogP contribution in [0, 0.1) is 5.92 Å². The summed E-state index contributed by atoms with van der Waals surface area (Å²) in [6.07, 6.45) is -2.44. The highest BCUT2D eigenvalue weighted by molar-refractivity contribution is 6.18. The molecule has 7 nitrogen and oxygen atoms in total. The van der Waals surface area contributed by atoms with Gasteiger partial charge in [-0.05, 0) is 11.5 Å². The van der Waals surface area contributed by atoms with Gasteiger partial charge in [0.15, 0.2) is 0 Å². The summed E-state index contributed by atoms with van der Waals surface area (Å²) < 4.78 is 67.1. The van der Waals surface area contributed by atoms with Crippen LogP contribution in [-0.4, -0.2) is 59.1 Å². The summed E-state index contributed by atoms with van der Waals surface area (Å²) in [5.74, 6) is -4.71. The Morgan fingerprint density at radius 1 is 1.26 bits per heavy atom. The summed E-state index contributed by atoms with van der Waals surface area (Å²) in [5.41, 5.74) is 5.79. The predicted octanol–water partition coefficient (Wildman–Crippen LogP) is 3.85. The Balaban J connectivity index is 1.88. The molecule has 1 amide bonds. The molecule has 3 N–H and O–H groups in total. The fourth-order valence-corrected chi connectivity index (χ4v) is 3.96. The number of likely N-dealkylation sites (tertiary alicyclic amines) is 1. The Morgan fingerprint density at radius 2 is 1.89 bits per heavy atom. The van der Waals surface area contributed by atoms with Crippen LogP contribution >= 0.6 is 0 Å². The first-order valence-electron chi connectivity index (χ1n) is 10.7. The fraction of sp³-hybridized carbons (Fsp3) is 0.391. The van der Waals surface area contributed by atoms with Crippen molar-refractivity contribution in [3.8, 4) is 0 Å². The van der Waals surface area contributed by atoms with Gasteiger partial charge in [0.1, 0.15) is 5.70 Å². The maximum atomic E-state index is 14.5. The highest BCUT2D eigenvalue weighted by Crippen LogP contribution is 2.35. The molecule has 188 valence electrons. The molecular formula is C23H25F5N6O. The lowest BCUT2D eigenvalue weighted by molar-refractivity contribution is -0.148. The zero-order valence-corrected chi connectivity index (χ0v) is 19.1. The third kappa shape index (κ3) is 6.31. The van der Waals surface area contributed by atoms with Crippen molar-refractivity contribution in [2.75, 3.05) is 25.5 Å². The van der Waals surface area contributed by atoms with Gasteiger partial charge in [0.05, 0.1) is 18.2 Å². The van der Waals surface area contributed by atoms with Crippen molar-refractivity contribution in [1.82, 2.24) is 14.9 Å². The fourth-order valence-electron chi connectivity index (χ4n) is 3.96. The van der Waals surface area contributed by atoms with Crippen LogP contribution in [0.1, 0.15) is 24.5 Å². The van der Waals surface area contributed by atoms with Crippen molar-refractivity contribution in [3.63, 3.8) is 0 Å². The Morgan fingerprint density at radius 3 is 2.46 bits per heavy atom. The summed E-state index contributed by atoms with van der Waals surface area (Å²) in [6, 6.07) is 7.94. The number of halogens is 5. The van der Waals surface area contributed by atoms with Gasteiger partial charge in [0, 0.05) is 44.2 Å². The Hall–Kier alpha value is -3.57. The van der Waals surface area contributed by atoms with Gasteiger partial charge >= 0.3 is 6.18 Å². The maximum Gasteiger partial charge on any atom is 0.419 e. The second-order valence-corrected chi connectivity index (χ2v) is 8.29. The normalized spacial score (nSPS) is 21.1. The molecule has 1 aromatic carbocycles. The summed E-state index contributed by atoms with van der Waals surface area (Å²) >= 11 is 0. The molecule has 0 aliphatic carbocycles. The van der Waals surface area contributed by atoms with E-state index in [0.29, 0.717) is 18.0 Å². The van der Waals surface area contributed by atoms with Crippen molar-refractivity contribution >= 4 is 23.6 Å². The Kier molecular flexibility index (Phi) is 7.71. The molecule has 12 heteroatoms. The molecule has 2 aromatic rings. The molecule has 3 rings (SSSR count). The molecule has 1 aliphatic heterocycles. The minimum Gasteiger partial charge on any atom is -0.394 e. The minimum atomic E-state index is -4.59. The standard InChI is InChI=1S/C23H25F5N6O/c1-14-8-22(24,25)13-34(18(14)12-33-21-31-9-16(10-32-21)23(26,27)28)20(35)19(29)17(11-30-2)15-6-4-3-5-7-15/h3-7,9-11,14,18H,8,12-13,29H2,1-2H3,(H,31,32,33)/t14-,18?/m1/s1. The number of nitrogens with zero attached hydrogens (tertiary/aromatic N) is 4. The third-order valence-corrected chi connectivity index (χ3v) is 5.65. The number of aliphatic imine (C=N–C) groups is 1. The first-order chi connectivity index (χ1) is 16.4. The Bertz CT molecular complexity index is 1090. The number of amides is 1. The molecule has 35 heavy (non-hydrogen) atoms. The van der Waals surface area contributed by atoms with E-state index in [-0.39, 0.29) is 23.8 Å². The van der Waals surface area contributed by atoms with Gasteiger partial charge < -0.3 is 16.0 Å². The number of carbonyl (C=O) groups excluding carboxylic acids is 1.